The molecule has 0 saturated heterocycles. The van der Waals surface area contributed by atoms with Gasteiger partial charge in [-0.15, -0.1) is 11.3 Å². The first-order valence-corrected chi connectivity index (χ1v) is 20.8. The highest BCUT2D eigenvalue weighted by molar-refractivity contribution is 7.09. The van der Waals surface area contributed by atoms with E-state index in [2.05, 4.69) is 15.6 Å². The Balaban J connectivity index is 1.22. The lowest BCUT2D eigenvalue weighted by Gasteiger charge is -2.26. The summed E-state index contributed by atoms with van der Waals surface area (Å²) in [7, 11) is 0. The summed E-state index contributed by atoms with van der Waals surface area (Å²) < 4.78 is 5.79. The number of aromatic nitrogens is 1. The molecule has 2 bridgehead atoms. The standard InChI is InChI=1S/C49H45N3O7S/c53-41-28-39(29-43-7-4-24-60-43)47(55)52-45(27-34-10-14-36(15-11-34)35-5-2-1-3-6-35)48(56)51-44(26-33-8-16-37(17-9-33)38-20-22-50-23-21-38)46(54)30-40(49(57)58)25-32-12-18-42(19-13-32)59-31-41/h1-24,39-40,44-45H,25-31H2,(H,51,56)(H,52,55)(H,57,58)/t39-,40+,44-,45+/m0/s1. The molecule has 2 amide bonds. The number of aliphatic carboxylic acids is 1. The van der Waals surface area contributed by atoms with Crippen LogP contribution in [-0.2, 0) is 49.7 Å². The van der Waals surface area contributed by atoms with Crippen LogP contribution in [0.5, 0.6) is 5.75 Å². The second-order valence-electron chi connectivity index (χ2n) is 15.1. The quantitative estimate of drug-likeness (QED) is 0.137. The Labute approximate surface area is 352 Å². The lowest BCUT2D eigenvalue weighted by Crippen LogP contribution is -2.54. The van der Waals surface area contributed by atoms with Gasteiger partial charge in [-0.2, -0.15) is 0 Å². The number of carboxylic acid groups (broad SMARTS) is 1. The van der Waals surface area contributed by atoms with Crippen LogP contribution >= 0.6 is 11.3 Å². The summed E-state index contributed by atoms with van der Waals surface area (Å²) in [6.07, 6.45) is 3.45. The predicted octanol–water partition coefficient (Wildman–Crippen LogP) is 7.35. The van der Waals surface area contributed by atoms with Crippen molar-refractivity contribution in [3.8, 4) is 28.0 Å². The van der Waals surface area contributed by atoms with Gasteiger partial charge < -0.3 is 20.5 Å². The van der Waals surface area contributed by atoms with Crippen LogP contribution in [0, 0.1) is 11.8 Å². The van der Waals surface area contributed by atoms with Gasteiger partial charge in [0, 0.05) is 42.5 Å². The fraction of sp³-hybridized carbons (Fsp3) is 0.224. The van der Waals surface area contributed by atoms with Gasteiger partial charge in [0.25, 0.3) is 0 Å². The topological polar surface area (TPSA) is 152 Å². The highest BCUT2D eigenvalue weighted by Gasteiger charge is 2.33. The maximum Gasteiger partial charge on any atom is 0.307 e. The molecular weight excluding hydrogens is 775 g/mol. The van der Waals surface area contributed by atoms with Crippen molar-refractivity contribution in [3.05, 3.63) is 167 Å². The first kappa shape index (κ1) is 41.4. The van der Waals surface area contributed by atoms with E-state index in [4.69, 9.17) is 4.74 Å². The Hall–Kier alpha value is -6.72. The molecule has 0 saturated carbocycles. The monoisotopic (exact) mass is 819 g/mol. The van der Waals surface area contributed by atoms with E-state index in [-0.39, 0.29) is 50.9 Å². The third-order valence-corrected chi connectivity index (χ3v) is 11.6. The maximum atomic E-state index is 14.6. The average molecular weight is 820 g/mol. The van der Waals surface area contributed by atoms with E-state index >= 15 is 0 Å². The molecule has 0 radical (unpaired) electrons. The highest BCUT2D eigenvalue weighted by Crippen LogP contribution is 2.24. The zero-order valence-corrected chi connectivity index (χ0v) is 33.7. The second-order valence-corrected chi connectivity index (χ2v) is 16.1. The van der Waals surface area contributed by atoms with Crippen LogP contribution in [0.1, 0.15) is 34.4 Å². The number of carbonyl (C=O) groups is 5. The van der Waals surface area contributed by atoms with E-state index in [0.717, 1.165) is 38.3 Å². The van der Waals surface area contributed by atoms with Gasteiger partial charge in [0.05, 0.1) is 12.0 Å². The van der Waals surface area contributed by atoms with Crippen LogP contribution in [-0.4, -0.2) is 58.1 Å². The number of hydrogen-bond donors (Lipinski definition) is 3. The summed E-state index contributed by atoms with van der Waals surface area (Å²) in [5.41, 5.74) is 6.09. The van der Waals surface area contributed by atoms with Crippen LogP contribution in [0.2, 0.25) is 0 Å². The normalized spacial score (nSPS) is 19.3. The van der Waals surface area contributed by atoms with Crippen LogP contribution < -0.4 is 15.4 Å². The molecule has 0 aliphatic carbocycles. The molecule has 10 nitrogen and oxygen atoms in total. The molecule has 0 fully saturated rings. The third-order valence-electron chi connectivity index (χ3n) is 10.7. The Morgan fingerprint density at radius 3 is 1.85 bits per heavy atom. The molecule has 3 N–H and O–H groups in total. The lowest BCUT2D eigenvalue weighted by molar-refractivity contribution is -0.144. The van der Waals surface area contributed by atoms with Gasteiger partial charge in [-0.3, -0.25) is 29.0 Å². The maximum absolute atomic E-state index is 14.6. The van der Waals surface area contributed by atoms with E-state index in [1.807, 2.05) is 109 Å². The number of carbonyl (C=O) groups excluding carboxylic acids is 4. The lowest BCUT2D eigenvalue weighted by atomic mass is 9.90. The van der Waals surface area contributed by atoms with Crippen molar-refractivity contribution in [3.63, 3.8) is 0 Å². The minimum Gasteiger partial charge on any atom is -0.486 e. The number of benzene rings is 4. The minimum atomic E-state index is -1.15. The molecule has 2 aliphatic heterocycles. The summed E-state index contributed by atoms with van der Waals surface area (Å²) in [6, 6.07) is 37.2. The molecule has 0 unspecified atom stereocenters. The molecule has 6 aromatic rings. The number of hydrogen-bond acceptors (Lipinski definition) is 8. The SMILES string of the molecule is O=C1COc2ccc(cc2)C[C@@H](C(=O)O)CC(=O)[C@H](Cc2ccc(-c3ccncc3)cc2)NC(=O)[C@@H](Cc2ccc(-c3ccccc3)cc2)NC(=O)[C@H](Cc2cccs2)C1. The molecule has 4 atom stereocenters. The van der Waals surface area contributed by atoms with Gasteiger partial charge >= 0.3 is 5.97 Å². The molecular formula is C49H45N3O7S. The van der Waals surface area contributed by atoms with Crippen molar-refractivity contribution >= 4 is 40.7 Å². The Morgan fingerprint density at radius 2 is 1.23 bits per heavy atom. The molecule has 11 heteroatoms. The van der Waals surface area contributed by atoms with Crippen LogP contribution in [0.3, 0.4) is 0 Å². The number of carboxylic acids is 1. The first-order chi connectivity index (χ1) is 29.2. The number of pyridine rings is 1. The van der Waals surface area contributed by atoms with Crippen molar-refractivity contribution in [2.45, 2.75) is 50.6 Å². The van der Waals surface area contributed by atoms with Gasteiger partial charge in [-0.1, -0.05) is 97.1 Å². The summed E-state index contributed by atoms with van der Waals surface area (Å²) in [6.45, 7) is -0.275. The van der Waals surface area contributed by atoms with E-state index in [0.29, 0.717) is 11.3 Å². The van der Waals surface area contributed by atoms with Gasteiger partial charge in [0.2, 0.25) is 11.8 Å². The summed E-state index contributed by atoms with van der Waals surface area (Å²) in [5, 5.41) is 18.1. The van der Waals surface area contributed by atoms with Gasteiger partial charge in [0.15, 0.2) is 11.6 Å². The number of Topliss-reactive ketones (excluding diaryl/α,β-unsaturated/α-hetero) is 2. The predicted molar refractivity (Wildman–Crippen MR) is 230 cm³/mol. The van der Waals surface area contributed by atoms with Gasteiger partial charge in [0.1, 0.15) is 18.4 Å². The molecule has 2 aromatic heterocycles. The van der Waals surface area contributed by atoms with Crippen molar-refractivity contribution in [2.75, 3.05) is 6.61 Å². The van der Waals surface area contributed by atoms with E-state index in [9.17, 15) is 29.1 Å². The number of nitrogens with zero attached hydrogens (tertiary/aromatic N) is 1. The largest absolute Gasteiger partial charge is 0.486 e. The number of amides is 2. The van der Waals surface area contributed by atoms with Crippen molar-refractivity contribution in [1.82, 2.24) is 15.6 Å². The second kappa shape index (κ2) is 19.8. The number of fused-ring (bicyclic) bond motifs is 16. The molecule has 2 aliphatic rings. The third kappa shape index (κ3) is 11.3. The Bertz CT molecular complexity index is 2390. The fourth-order valence-electron chi connectivity index (χ4n) is 7.39. The van der Waals surface area contributed by atoms with Gasteiger partial charge in [-0.05, 0) is 93.9 Å². The van der Waals surface area contributed by atoms with Crippen molar-refractivity contribution in [2.24, 2.45) is 11.8 Å². The molecule has 8 rings (SSSR count). The zero-order valence-electron chi connectivity index (χ0n) is 32.9. The number of thiophene rings is 1. The molecule has 60 heavy (non-hydrogen) atoms. The van der Waals surface area contributed by atoms with E-state index in [1.54, 1.807) is 36.7 Å². The summed E-state index contributed by atoms with van der Waals surface area (Å²) in [4.78, 5) is 74.2. The van der Waals surface area contributed by atoms with Gasteiger partial charge in [-0.25, -0.2) is 0 Å². The Morgan fingerprint density at radius 1 is 0.633 bits per heavy atom. The zero-order chi connectivity index (χ0) is 41.8. The molecule has 304 valence electrons. The van der Waals surface area contributed by atoms with Crippen LogP contribution in [0.25, 0.3) is 22.3 Å². The fourth-order valence-corrected chi connectivity index (χ4v) is 8.18. The number of nitrogens with one attached hydrogen (secondary N) is 2. The molecule has 4 heterocycles. The Kier molecular flexibility index (Phi) is 13.7. The summed E-state index contributed by atoms with van der Waals surface area (Å²) in [5.74, 6) is -4.47. The number of ether oxygens (including phenoxy) is 1. The molecule has 4 aromatic carbocycles. The van der Waals surface area contributed by atoms with Crippen LogP contribution in [0.15, 0.2) is 145 Å². The summed E-state index contributed by atoms with van der Waals surface area (Å²) >= 11 is 1.47. The van der Waals surface area contributed by atoms with E-state index in [1.165, 1.54) is 11.3 Å². The van der Waals surface area contributed by atoms with Crippen molar-refractivity contribution in [1.29, 1.82) is 0 Å². The smallest absolute Gasteiger partial charge is 0.307 e. The van der Waals surface area contributed by atoms with E-state index < -0.39 is 47.5 Å². The average Bonchev–Trinajstić information content (AvgIpc) is 3.79. The molecule has 0 spiro atoms. The minimum absolute atomic E-state index is 0.0592. The van der Waals surface area contributed by atoms with Crippen molar-refractivity contribution < 1.29 is 33.8 Å². The first-order valence-electron chi connectivity index (χ1n) is 19.9. The number of ketones is 2. The highest BCUT2D eigenvalue weighted by atomic mass is 32.1. The van der Waals surface area contributed by atoms with Crippen LogP contribution in [0.4, 0.5) is 0 Å². The number of rotatable bonds is 9.